The molecular weight excluding hydrogens is 370 g/mol. The monoisotopic (exact) mass is 395 g/mol. The van der Waals surface area contributed by atoms with Gasteiger partial charge in [0, 0.05) is 5.56 Å². The highest BCUT2D eigenvalue weighted by atomic mass is 32.2. The van der Waals surface area contributed by atoms with Crippen LogP contribution in [0.25, 0.3) is 0 Å². The Kier molecular flexibility index (Phi) is 6.49. The van der Waals surface area contributed by atoms with Gasteiger partial charge in [0.15, 0.2) is 0 Å². The minimum absolute atomic E-state index is 0.262. The quantitative estimate of drug-likeness (QED) is 0.604. The molecule has 0 heterocycles. The number of para-hydroxylation sites is 1. The second kappa shape index (κ2) is 9.04. The van der Waals surface area contributed by atoms with Crippen LogP contribution < -0.4 is 9.46 Å². The lowest BCUT2D eigenvalue weighted by Gasteiger charge is -2.21. The van der Waals surface area contributed by atoms with Crippen LogP contribution in [0.4, 0.5) is 0 Å². The van der Waals surface area contributed by atoms with Crippen molar-refractivity contribution in [3.8, 4) is 5.75 Å². The van der Waals surface area contributed by atoms with Crippen molar-refractivity contribution in [3.63, 3.8) is 0 Å². The van der Waals surface area contributed by atoms with Crippen molar-refractivity contribution in [1.29, 1.82) is 0 Å². The molecule has 0 spiro atoms. The highest BCUT2D eigenvalue weighted by Gasteiger charge is 2.23. The zero-order chi connectivity index (χ0) is 20.0. The van der Waals surface area contributed by atoms with Crippen LogP contribution in [0.1, 0.15) is 29.2 Å². The van der Waals surface area contributed by atoms with E-state index in [9.17, 15) is 8.42 Å². The van der Waals surface area contributed by atoms with E-state index in [0.717, 1.165) is 23.1 Å². The molecule has 0 aliphatic heterocycles. The Morgan fingerprint density at radius 1 is 0.893 bits per heavy atom. The topological polar surface area (TPSA) is 55.4 Å². The summed E-state index contributed by atoms with van der Waals surface area (Å²) in [4.78, 5) is 0.262. The van der Waals surface area contributed by atoms with Gasteiger partial charge in [0.1, 0.15) is 5.75 Å². The largest absolute Gasteiger partial charge is 0.496 e. The van der Waals surface area contributed by atoms with Crippen molar-refractivity contribution in [2.45, 2.75) is 30.7 Å². The average Bonchev–Trinajstić information content (AvgIpc) is 2.72. The number of benzene rings is 3. The van der Waals surface area contributed by atoms with Gasteiger partial charge in [0.05, 0.1) is 18.0 Å². The second-order valence-electron chi connectivity index (χ2n) is 6.75. The summed E-state index contributed by atoms with van der Waals surface area (Å²) in [5.41, 5.74) is 3.01. The van der Waals surface area contributed by atoms with E-state index < -0.39 is 16.1 Å². The van der Waals surface area contributed by atoms with Gasteiger partial charge in [0.25, 0.3) is 0 Å². The van der Waals surface area contributed by atoms with E-state index in [1.807, 2.05) is 61.5 Å². The van der Waals surface area contributed by atoms with Gasteiger partial charge in [-0.05, 0) is 43.5 Å². The smallest absolute Gasteiger partial charge is 0.241 e. The van der Waals surface area contributed by atoms with Crippen LogP contribution in [0.15, 0.2) is 83.8 Å². The SMILES string of the molecule is COc1ccccc1[C@@H](CCc1ccccc1)NS(=O)(=O)c1ccc(C)cc1. The van der Waals surface area contributed by atoms with E-state index in [1.165, 1.54) is 0 Å². The molecule has 1 atom stereocenters. The predicted molar refractivity (Wildman–Crippen MR) is 112 cm³/mol. The molecule has 0 fully saturated rings. The molecule has 28 heavy (non-hydrogen) atoms. The molecule has 0 aliphatic rings. The van der Waals surface area contributed by atoms with Crippen molar-refractivity contribution in [1.82, 2.24) is 4.72 Å². The molecular formula is C23H25NO3S. The van der Waals surface area contributed by atoms with Crippen molar-refractivity contribution >= 4 is 10.0 Å². The molecule has 3 aromatic carbocycles. The molecule has 3 rings (SSSR count). The lowest BCUT2D eigenvalue weighted by molar-refractivity contribution is 0.401. The summed E-state index contributed by atoms with van der Waals surface area (Å²) in [6.45, 7) is 1.93. The molecule has 0 radical (unpaired) electrons. The molecule has 146 valence electrons. The van der Waals surface area contributed by atoms with Gasteiger partial charge in [-0.2, -0.15) is 0 Å². The van der Waals surface area contributed by atoms with Crippen LogP contribution in [0.3, 0.4) is 0 Å². The molecule has 4 nitrogen and oxygen atoms in total. The van der Waals surface area contributed by atoms with Crippen LogP contribution in [0.5, 0.6) is 5.75 Å². The molecule has 0 saturated heterocycles. The number of sulfonamides is 1. The maximum Gasteiger partial charge on any atom is 0.241 e. The number of methoxy groups -OCH3 is 1. The Bertz CT molecular complexity index is 1000. The summed E-state index contributed by atoms with van der Waals surface area (Å²) in [6.07, 6.45) is 1.37. The van der Waals surface area contributed by atoms with Crippen LogP contribution in [0, 0.1) is 6.92 Å². The van der Waals surface area contributed by atoms with Crippen molar-refractivity contribution in [3.05, 3.63) is 95.6 Å². The molecule has 0 amide bonds. The maximum atomic E-state index is 13.0. The third-order valence-electron chi connectivity index (χ3n) is 4.71. The average molecular weight is 396 g/mol. The van der Waals surface area contributed by atoms with Crippen LogP contribution in [0.2, 0.25) is 0 Å². The summed E-state index contributed by atoms with van der Waals surface area (Å²) < 4.78 is 34.3. The molecule has 3 aromatic rings. The van der Waals surface area contributed by atoms with E-state index in [0.29, 0.717) is 12.2 Å². The summed E-state index contributed by atoms with van der Waals surface area (Å²) in [5.74, 6) is 0.673. The molecule has 0 unspecified atom stereocenters. The fourth-order valence-corrected chi connectivity index (χ4v) is 4.41. The first-order chi connectivity index (χ1) is 13.5. The highest BCUT2D eigenvalue weighted by Crippen LogP contribution is 2.29. The van der Waals surface area contributed by atoms with Crippen LogP contribution in [-0.4, -0.2) is 15.5 Å². The molecule has 5 heteroatoms. The lowest BCUT2D eigenvalue weighted by atomic mass is 9.99. The van der Waals surface area contributed by atoms with Crippen molar-refractivity contribution < 1.29 is 13.2 Å². The third-order valence-corrected chi connectivity index (χ3v) is 6.20. The van der Waals surface area contributed by atoms with E-state index in [-0.39, 0.29) is 4.90 Å². The Balaban J connectivity index is 1.90. The number of ether oxygens (including phenoxy) is 1. The normalized spacial score (nSPS) is 12.5. The van der Waals surface area contributed by atoms with E-state index in [2.05, 4.69) is 4.72 Å². The van der Waals surface area contributed by atoms with Gasteiger partial charge in [-0.25, -0.2) is 13.1 Å². The first-order valence-electron chi connectivity index (χ1n) is 9.25. The number of rotatable bonds is 8. The van der Waals surface area contributed by atoms with E-state index >= 15 is 0 Å². The fraction of sp³-hybridized carbons (Fsp3) is 0.217. The molecule has 1 N–H and O–H groups in total. The van der Waals surface area contributed by atoms with Crippen molar-refractivity contribution in [2.24, 2.45) is 0 Å². The summed E-state index contributed by atoms with van der Waals surface area (Å²) >= 11 is 0. The number of aryl methyl sites for hydroxylation is 2. The Morgan fingerprint density at radius 3 is 2.21 bits per heavy atom. The van der Waals surface area contributed by atoms with Crippen molar-refractivity contribution in [2.75, 3.05) is 7.11 Å². The maximum absolute atomic E-state index is 13.0. The molecule has 0 bridgehead atoms. The summed E-state index contributed by atoms with van der Waals surface area (Å²) in [5, 5.41) is 0. The zero-order valence-corrected chi connectivity index (χ0v) is 16.9. The summed E-state index contributed by atoms with van der Waals surface area (Å²) in [7, 11) is -2.06. The number of hydrogen-bond acceptors (Lipinski definition) is 3. The zero-order valence-electron chi connectivity index (χ0n) is 16.1. The van der Waals surface area contributed by atoms with Gasteiger partial charge in [-0.3, -0.25) is 0 Å². The number of nitrogens with one attached hydrogen (secondary N) is 1. The fourth-order valence-electron chi connectivity index (χ4n) is 3.16. The number of hydrogen-bond donors (Lipinski definition) is 1. The lowest BCUT2D eigenvalue weighted by Crippen LogP contribution is -2.29. The minimum atomic E-state index is -3.66. The standard InChI is InChI=1S/C23H25NO3S/c1-18-12-15-20(16-13-18)28(25,26)24-22(17-14-19-8-4-3-5-9-19)21-10-6-7-11-23(21)27-2/h3-13,15-16,22,24H,14,17H2,1-2H3/t22-/m1/s1. The predicted octanol–water partition coefficient (Wildman–Crippen LogP) is 4.66. The second-order valence-corrected chi connectivity index (χ2v) is 8.47. The van der Waals surface area contributed by atoms with Crippen LogP contribution in [-0.2, 0) is 16.4 Å². The summed E-state index contributed by atoms with van der Waals surface area (Å²) in [6, 6.07) is 24.1. The Morgan fingerprint density at radius 2 is 1.54 bits per heavy atom. The van der Waals surface area contributed by atoms with Gasteiger partial charge in [-0.1, -0.05) is 66.2 Å². The molecule has 0 aliphatic carbocycles. The van der Waals surface area contributed by atoms with E-state index in [1.54, 1.807) is 31.4 Å². The molecule has 0 aromatic heterocycles. The highest BCUT2D eigenvalue weighted by molar-refractivity contribution is 7.89. The van der Waals surface area contributed by atoms with Gasteiger partial charge in [0.2, 0.25) is 10.0 Å². The first-order valence-corrected chi connectivity index (χ1v) is 10.7. The van der Waals surface area contributed by atoms with Gasteiger partial charge < -0.3 is 4.74 Å². The Hall–Kier alpha value is -2.63. The minimum Gasteiger partial charge on any atom is -0.496 e. The Labute approximate surface area is 167 Å². The van der Waals surface area contributed by atoms with E-state index in [4.69, 9.17) is 4.74 Å². The third kappa shape index (κ3) is 5.00. The van der Waals surface area contributed by atoms with Crippen LogP contribution >= 0.6 is 0 Å². The van der Waals surface area contributed by atoms with Gasteiger partial charge in [-0.15, -0.1) is 0 Å². The first kappa shape index (κ1) is 20.1. The molecule has 0 saturated carbocycles. The van der Waals surface area contributed by atoms with Gasteiger partial charge >= 0.3 is 0 Å².